The summed E-state index contributed by atoms with van der Waals surface area (Å²) in [4.78, 5) is 32.6. The van der Waals surface area contributed by atoms with Crippen LogP contribution >= 0.6 is 0 Å². The van der Waals surface area contributed by atoms with E-state index in [-0.39, 0.29) is 17.9 Å². The molecule has 1 aliphatic heterocycles. The van der Waals surface area contributed by atoms with Crippen LogP contribution in [0.1, 0.15) is 46.1 Å². The molecule has 0 aliphatic carbocycles. The number of carbonyl (C=O) groups is 2. The van der Waals surface area contributed by atoms with Crippen molar-refractivity contribution in [3.05, 3.63) is 30.1 Å². The Morgan fingerprint density at radius 3 is 2.38 bits per heavy atom. The fourth-order valence-corrected chi connectivity index (χ4v) is 3.13. The molecule has 6 heteroatoms. The summed E-state index contributed by atoms with van der Waals surface area (Å²) < 4.78 is 5.42. The quantitative estimate of drug-likeness (QED) is 0.808. The average Bonchev–Trinajstić information content (AvgIpc) is 2.61. The molecule has 0 saturated carbocycles. The number of likely N-dealkylation sites (N-methyl/N-ethyl adjacent to an activating group) is 1. The minimum absolute atomic E-state index is 0.00826. The third kappa shape index (κ3) is 6.00. The van der Waals surface area contributed by atoms with Crippen molar-refractivity contribution in [3.8, 4) is 0 Å². The van der Waals surface area contributed by atoms with E-state index in [0.717, 1.165) is 6.42 Å². The Balaban J connectivity index is 1.83. The summed E-state index contributed by atoms with van der Waals surface area (Å²) in [7, 11) is 0. The van der Waals surface area contributed by atoms with Gasteiger partial charge in [-0.25, -0.2) is 4.79 Å². The summed E-state index contributed by atoms with van der Waals surface area (Å²) in [6, 6.07) is 3.97. The molecule has 26 heavy (non-hydrogen) atoms. The van der Waals surface area contributed by atoms with Crippen LogP contribution in [-0.4, -0.2) is 58.6 Å². The number of amides is 2. The van der Waals surface area contributed by atoms with Gasteiger partial charge >= 0.3 is 6.09 Å². The molecule has 0 aromatic carbocycles. The van der Waals surface area contributed by atoms with Gasteiger partial charge in [-0.3, -0.25) is 9.78 Å². The zero-order chi connectivity index (χ0) is 19.2. The van der Waals surface area contributed by atoms with Crippen LogP contribution in [0.15, 0.2) is 24.5 Å². The molecule has 6 nitrogen and oxygen atoms in total. The van der Waals surface area contributed by atoms with Crippen LogP contribution in [0.4, 0.5) is 4.79 Å². The SMILES string of the molecule is CCN(CCc1ccncc1)C(=O)C1CCN(C(=O)OC(C)(C)C)CC1. The van der Waals surface area contributed by atoms with Crippen molar-refractivity contribution in [1.82, 2.24) is 14.8 Å². The van der Waals surface area contributed by atoms with E-state index in [1.807, 2.05) is 44.7 Å². The second-order valence-corrected chi connectivity index (χ2v) is 7.77. The van der Waals surface area contributed by atoms with Gasteiger partial charge < -0.3 is 14.5 Å². The largest absolute Gasteiger partial charge is 0.444 e. The molecule has 2 heterocycles. The van der Waals surface area contributed by atoms with Gasteiger partial charge in [-0.15, -0.1) is 0 Å². The summed E-state index contributed by atoms with van der Waals surface area (Å²) in [5.41, 5.74) is 0.696. The first-order valence-corrected chi connectivity index (χ1v) is 9.45. The topological polar surface area (TPSA) is 62.7 Å². The lowest BCUT2D eigenvalue weighted by molar-refractivity contribution is -0.136. The molecule has 0 radical (unpaired) electrons. The number of nitrogens with zero attached hydrogens (tertiary/aromatic N) is 3. The molecule has 0 N–H and O–H groups in total. The Morgan fingerprint density at radius 2 is 1.85 bits per heavy atom. The molecule has 0 unspecified atom stereocenters. The second kappa shape index (κ2) is 9.01. The number of carbonyl (C=O) groups excluding carboxylic acids is 2. The Kier molecular flexibility index (Phi) is 7.00. The monoisotopic (exact) mass is 361 g/mol. The Bertz CT molecular complexity index is 590. The predicted molar refractivity (Wildman–Crippen MR) is 101 cm³/mol. The van der Waals surface area contributed by atoms with E-state index in [0.29, 0.717) is 39.0 Å². The number of hydrogen-bond acceptors (Lipinski definition) is 4. The van der Waals surface area contributed by atoms with Crippen LogP contribution in [0.2, 0.25) is 0 Å². The first kappa shape index (κ1) is 20.2. The summed E-state index contributed by atoms with van der Waals surface area (Å²) in [5, 5.41) is 0. The lowest BCUT2D eigenvalue weighted by Crippen LogP contribution is -2.46. The van der Waals surface area contributed by atoms with Crippen molar-refractivity contribution in [2.45, 2.75) is 52.6 Å². The van der Waals surface area contributed by atoms with Gasteiger partial charge in [0.15, 0.2) is 0 Å². The van der Waals surface area contributed by atoms with E-state index in [1.165, 1.54) is 5.56 Å². The highest BCUT2D eigenvalue weighted by Gasteiger charge is 2.31. The highest BCUT2D eigenvalue weighted by molar-refractivity contribution is 5.79. The fourth-order valence-electron chi connectivity index (χ4n) is 3.13. The molecule has 2 amide bonds. The molecule has 0 bridgehead atoms. The van der Waals surface area contributed by atoms with Gasteiger partial charge in [0, 0.05) is 44.5 Å². The van der Waals surface area contributed by atoms with Crippen molar-refractivity contribution in [2.24, 2.45) is 5.92 Å². The molecule has 1 saturated heterocycles. The molecular weight excluding hydrogens is 330 g/mol. The zero-order valence-electron chi connectivity index (χ0n) is 16.4. The van der Waals surface area contributed by atoms with Crippen LogP contribution in [0.25, 0.3) is 0 Å². The third-order valence-electron chi connectivity index (χ3n) is 4.61. The molecule has 1 aliphatic rings. The van der Waals surface area contributed by atoms with E-state index in [2.05, 4.69) is 4.98 Å². The van der Waals surface area contributed by atoms with Crippen LogP contribution in [0, 0.1) is 5.92 Å². The first-order valence-electron chi connectivity index (χ1n) is 9.45. The minimum atomic E-state index is -0.490. The van der Waals surface area contributed by atoms with Gasteiger partial charge in [0.05, 0.1) is 0 Å². The minimum Gasteiger partial charge on any atom is -0.444 e. The highest BCUT2D eigenvalue weighted by atomic mass is 16.6. The van der Waals surface area contributed by atoms with Gasteiger partial charge in [0.2, 0.25) is 5.91 Å². The Labute approximate surface area is 156 Å². The molecular formula is C20H31N3O3. The van der Waals surface area contributed by atoms with Gasteiger partial charge in [-0.1, -0.05) is 0 Å². The fraction of sp³-hybridized carbons (Fsp3) is 0.650. The molecule has 2 rings (SSSR count). The smallest absolute Gasteiger partial charge is 0.410 e. The maximum Gasteiger partial charge on any atom is 0.410 e. The number of hydrogen-bond donors (Lipinski definition) is 0. The van der Waals surface area contributed by atoms with E-state index in [1.54, 1.807) is 17.3 Å². The van der Waals surface area contributed by atoms with Gasteiger partial charge in [0.25, 0.3) is 0 Å². The molecule has 1 aromatic rings. The zero-order valence-corrected chi connectivity index (χ0v) is 16.4. The van der Waals surface area contributed by atoms with Gasteiger partial charge in [0.1, 0.15) is 5.60 Å². The predicted octanol–water partition coefficient (Wildman–Crippen LogP) is 3.12. The van der Waals surface area contributed by atoms with Gasteiger partial charge in [-0.05, 0) is 64.7 Å². The lowest BCUT2D eigenvalue weighted by atomic mass is 9.95. The number of aromatic nitrogens is 1. The van der Waals surface area contributed by atoms with Crippen molar-refractivity contribution in [2.75, 3.05) is 26.2 Å². The maximum absolute atomic E-state index is 12.8. The summed E-state index contributed by atoms with van der Waals surface area (Å²) in [6.07, 6.45) is 5.50. The number of likely N-dealkylation sites (tertiary alicyclic amines) is 1. The summed E-state index contributed by atoms with van der Waals surface area (Å²) >= 11 is 0. The van der Waals surface area contributed by atoms with E-state index >= 15 is 0 Å². The van der Waals surface area contributed by atoms with Crippen LogP contribution in [0.3, 0.4) is 0 Å². The van der Waals surface area contributed by atoms with E-state index in [4.69, 9.17) is 4.74 Å². The third-order valence-corrected chi connectivity index (χ3v) is 4.61. The average molecular weight is 361 g/mol. The number of rotatable bonds is 5. The van der Waals surface area contributed by atoms with E-state index < -0.39 is 5.60 Å². The van der Waals surface area contributed by atoms with Gasteiger partial charge in [-0.2, -0.15) is 0 Å². The van der Waals surface area contributed by atoms with Crippen molar-refractivity contribution in [3.63, 3.8) is 0 Å². The van der Waals surface area contributed by atoms with Crippen molar-refractivity contribution in [1.29, 1.82) is 0 Å². The molecule has 0 atom stereocenters. The summed E-state index contributed by atoms with van der Waals surface area (Å²) in [5.74, 6) is 0.191. The standard InChI is InChI=1S/C20H31N3O3/c1-5-22(13-8-16-6-11-21-12-7-16)18(24)17-9-14-23(15-10-17)19(25)26-20(2,3)4/h6-7,11-12,17H,5,8-10,13-15H2,1-4H3. The van der Waals surface area contributed by atoms with Crippen LogP contribution in [-0.2, 0) is 16.0 Å². The number of ether oxygens (including phenoxy) is 1. The van der Waals surface area contributed by atoms with Crippen LogP contribution < -0.4 is 0 Å². The Morgan fingerprint density at radius 1 is 1.23 bits per heavy atom. The number of pyridine rings is 1. The van der Waals surface area contributed by atoms with E-state index in [9.17, 15) is 9.59 Å². The first-order chi connectivity index (χ1) is 12.3. The van der Waals surface area contributed by atoms with Crippen molar-refractivity contribution < 1.29 is 14.3 Å². The molecule has 1 aromatic heterocycles. The second-order valence-electron chi connectivity index (χ2n) is 7.77. The van der Waals surface area contributed by atoms with Crippen LogP contribution in [0.5, 0.6) is 0 Å². The molecule has 0 spiro atoms. The maximum atomic E-state index is 12.8. The number of piperidine rings is 1. The normalized spacial score (nSPS) is 15.6. The lowest BCUT2D eigenvalue weighted by Gasteiger charge is -2.35. The highest BCUT2D eigenvalue weighted by Crippen LogP contribution is 2.22. The molecule has 144 valence electrons. The summed E-state index contributed by atoms with van der Waals surface area (Å²) in [6.45, 7) is 10.2. The Hall–Kier alpha value is -2.11. The van der Waals surface area contributed by atoms with Crippen molar-refractivity contribution >= 4 is 12.0 Å². The molecule has 1 fully saturated rings.